The largest absolute Gasteiger partial charge is 0.464 e. The van der Waals surface area contributed by atoms with Crippen LogP contribution in [0.25, 0.3) is 0 Å². The van der Waals surface area contributed by atoms with E-state index in [-0.39, 0.29) is 40.2 Å². The average molecular weight is 505 g/mol. The Bertz CT molecular complexity index is 1060. The second kappa shape index (κ2) is 10.8. The van der Waals surface area contributed by atoms with Crippen LogP contribution in [0.5, 0.6) is 0 Å². The summed E-state index contributed by atoms with van der Waals surface area (Å²) in [4.78, 5) is 38.2. The minimum atomic E-state index is -0.694. The van der Waals surface area contributed by atoms with E-state index in [4.69, 9.17) is 37.7 Å². The van der Waals surface area contributed by atoms with Gasteiger partial charge in [0.15, 0.2) is 6.04 Å². The molecule has 1 amide bonds. The summed E-state index contributed by atoms with van der Waals surface area (Å²) in [5.41, 5.74) is 1.89. The van der Waals surface area contributed by atoms with Gasteiger partial charge in [0.2, 0.25) is 0 Å². The molecule has 4 rings (SSSR count). The van der Waals surface area contributed by atoms with Crippen LogP contribution in [0.4, 0.5) is 5.69 Å². The van der Waals surface area contributed by atoms with E-state index in [9.17, 15) is 9.59 Å². The lowest BCUT2D eigenvalue weighted by Crippen LogP contribution is -2.56. The van der Waals surface area contributed by atoms with E-state index in [0.29, 0.717) is 18.0 Å². The highest BCUT2D eigenvalue weighted by Crippen LogP contribution is 2.39. The molecule has 1 aliphatic carbocycles. The molecule has 0 aromatic carbocycles. The lowest BCUT2D eigenvalue weighted by atomic mass is 9.78. The van der Waals surface area contributed by atoms with Gasteiger partial charge in [0, 0.05) is 24.5 Å². The molecule has 180 valence electrons. The Morgan fingerprint density at radius 3 is 2.50 bits per heavy atom. The standard InChI is InChI=1S/C24H26Cl2N4O4/c1-2-33-23(32)19(30-20-14-34-24(20)8-4-3-5-9-24)10-15-6-7-16(11-28-15)29-22(31)21-17(25)12-27-13-18(21)26/h6-7,11-13,19H,2-5,8-10,14H2,1H3,(H,29,31)/t19-/m0/s1. The molecule has 0 radical (unpaired) electrons. The first-order valence-electron chi connectivity index (χ1n) is 11.3. The highest BCUT2D eigenvalue weighted by atomic mass is 35.5. The summed E-state index contributed by atoms with van der Waals surface area (Å²) in [7, 11) is 0. The number of amides is 1. The second-order valence-electron chi connectivity index (χ2n) is 8.36. The third-order valence-corrected chi connectivity index (χ3v) is 6.68. The number of rotatable bonds is 7. The first-order chi connectivity index (χ1) is 16.4. The first kappa shape index (κ1) is 24.6. The maximum absolute atomic E-state index is 12.6. The Labute approximate surface area is 208 Å². The Balaban J connectivity index is 1.46. The third kappa shape index (κ3) is 5.40. The van der Waals surface area contributed by atoms with Crippen LogP contribution >= 0.6 is 23.2 Å². The molecular formula is C24H26Cl2N4O4. The maximum atomic E-state index is 12.6. The fourth-order valence-corrected chi connectivity index (χ4v) is 4.84. The van der Waals surface area contributed by atoms with Gasteiger partial charge in [-0.05, 0) is 31.9 Å². The van der Waals surface area contributed by atoms with Crippen molar-refractivity contribution >= 4 is 46.5 Å². The van der Waals surface area contributed by atoms with Crippen LogP contribution in [0.1, 0.15) is 55.1 Å². The fourth-order valence-electron chi connectivity index (χ4n) is 4.30. The number of hydrogen-bond acceptors (Lipinski definition) is 7. The molecule has 1 saturated carbocycles. The topological polar surface area (TPSA) is 103 Å². The molecule has 1 atom stereocenters. The molecule has 0 unspecified atom stereocenters. The van der Waals surface area contributed by atoms with E-state index in [0.717, 1.165) is 31.4 Å². The highest BCUT2D eigenvalue weighted by Gasteiger charge is 2.46. The van der Waals surface area contributed by atoms with Crippen LogP contribution in [0.2, 0.25) is 10.0 Å². The average Bonchev–Trinajstić information content (AvgIpc) is 2.82. The number of halogens is 2. The summed E-state index contributed by atoms with van der Waals surface area (Å²) in [6, 6.07) is 2.75. The SMILES string of the molecule is CCOC(=O)[C@H](Cc1ccc(NC(=O)c2c(Cl)cncc2Cl)cn1)N=C1COC12CCCCC2. The van der Waals surface area contributed by atoms with Crippen molar-refractivity contribution in [2.75, 3.05) is 18.5 Å². The fraction of sp³-hybridized carbons (Fsp3) is 0.458. The van der Waals surface area contributed by atoms with Crippen molar-refractivity contribution in [2.45, 2.75) is 57.1 Å². The minimum Gasteiger partial charge on any atom is -0.464 e. The minimum absolute atomic E-state index is 0.139. The highest BCUT2D eigenvalue weighted by molar-refractivity contribution is 6.40. The smallest absolute Gasteiger partial charge is 0.331 e. The van der Waals surface area contributed by atoms with Crippen molar-refractivity contribution in [3.05, 3.63) is 52.0 Å². The summed E-state index contributed by atoms with van der Waals surface area (Å²) < 4.78 is 11.2. The summed E-state index contributed by atoms with van der Waals surface area (Å²) in [5.74, 6) is -0.848. The number of aromatic nitrogens is 2. The van der Waals surface area contributed by atoms with E-state index in [1.165, 1.54) is 25.0 Å². The zero-order valence-electron chi connectivity index (χ0n) is 18.9. The molecule has 3 heterocycles. The zero-order valence-corrected chi connectivity index (χ0v) is 20.4. The summed E-state index contributed by atoms with van der Waals surface area (Å²) in [6.07, 6.45) is 9.80. The maximum Gasteiger partial charge on any atom is 0.331 e. The Hall–Kier alpha value is -2.55. The number of aliphatic imine (C=N–C) groups is 1. The number of esters is 1. The molecule has 1 aliphatic heterocycles. The van der Waals surface area contributed by atoms with Crippen LogP contribution in [-0.2, 0) is 20.7 Å². The van der Waals surface area contributed by atoms with E-state index in [2.05, 4.69) is 15.3 Å². The van der Waals surface area contributed by atoms with Gasteiger partial charge >= 0.3 is 5.97 Å². The molecule has 0 bridgehead atoms. The van der Waals surface area contributed by atoms with Crippen molar-refractivity contribution in [1.29, 1.82) is 0 Å². The van der Waals surface area contributed by atoms with Crippen LogP contribution in [0, 0.1) is 0 Å². The second-order valence-corrected chi connectivity index (χ2v) is 9.18. The van der Waals surface area contributed by atoms with Gasteiger partial charge in [-0.15, -0.1) is 0 Å². The van der Waals surface area contributed by atoms with Crippen molar-refractivity contribution in [1.82, 2.24) is 9.97 Å². The van der Waals surface area contributed by atoms with Gasteiger partial charge in [-0.25, -0.2) is 4.79 Å². The lowest BCUT2D eigenvalue weighted by molar-refractivity contribution is -0.144. The zero-order chi connectivity index (χ0) is 24.1. The van der Waals surface area contributed by atoms with Gasteiger partial charge in [-0.1, -0.05) is 42.5 Å². The number of nitrogens with zero attached hydrogens (tertiary/aromatic N) is 3. The molecular weight excluding hydrogens is 479 g/mol. The molecule has 10 heteroatoms. The van der Waals surface area contributed by atoms with Gasteiger partial charge in [-0.3, -0.25) is 19.8 Å². The monoisotopic (exact) mass is 504 g/mol. The quantitative estimate of drug-likeness (QED) is 0.548. The molecule has 2 aromatic heterocycles. The summed E-state index contributed by atoms with van der Waals surface area (Å²) >= 11 is 12.1. The van der Waals surface area contributed by atoms with Crippen LogP contribution in [0.3, 0.4) is 0 Å². The Morgan fingerprint density at radius 1 is 1.18 bits per heavy atom. The number of carbonyl (C=O) groups excluding carboxylic acids is 2. The number of nitrogens with one attached hydrogen (secondary N) is 1. The number of ether oxygens (including phenoxy) is 2. The van der Waals surface area contributed by atoms with Crippen molar-refractivity contribution in [3.63, 3.8) is 0 Å². The first-order valence-corrected chi connectivity index (χ1v) is 12.1. The molecule has 2 aliphatic rings. The molecule has 34 heavy (non-hydrogen) atoms. The molecule has 1 spiro atoms. The van der Waals surface area contributed by atoms with Crippen LogP contribution in [-0.4, -0.2) is 52.4 Å². The predicted octanol–water partition coefficient (Wildman–Crippen LogP) is 4.68. The van der Waals surface area contributed by atoms with Crippen molar-refractivity contribution < 1.29 is 19.1 Å². The van der Waals surface area contributed by atoms with Gasteiger partial charge in [0.05, 0.1) is 46.4 Å². The summed E-state index contributed by atoms with van der Waals surface area (Å²) in [5, 5.41) is 3.03. The predicted molar refractivity (Wildman–Crippen MR) is 130 cm³/mol. The molecule has 8 nitrogen and oxygen atoms in total. The number of anilines is 1. The number of carbonyl (C=O) groups is 2. The number of hydrogen-bond donors (Lipinski definition) is 1. The van der Waals surface area contributed by atoms with Gasteiger partial charge in [0.1, 0.15) is 5.60 Å². The number of pyridine rings is 2. The van der Waals surface area contributed by atoms with E-state index < -0.39 is 11.9 Å². The van der Waals surface area contributed by atoms with Crippen molar-refractivity contribution in [3.8, 4) is 0 Å². The lowest BCUT2D eigenvalue weighted by Gasteiger charge is -2.46. The Morgan fingerprint density at radius 2 is 1.91 bits per heavy atom. The van der Waals surface area contributed by atoms with Crippen molar-refractivity contribution in [2.24, 2.45) is 4.99 Å². The Kier molecular flexibility index (Phi) is 7.80. The molecule has 2 aromatic rings. The van der Waals surface area contributed by atoms with Gasteiger partial charge in [-0.2, -0.15) is 0 Å². The summed E-state index contributed by atoms with van der Waals surface area (Å²) in [6.45, 7) is 2.50. The van der Waals surface area contributed by atoms with Gasteiger partial charge in [0.25, 0.3) is 5.91 Å². The van der Waals surface area contributed by atoms with Crippen LogP contribution in [0.15, 0.2) is 35.7 Å². The normalized spacial score (nSPS) is 18.9. The molecule has 1 N–H and O–H groups in total. The van der Waals surface area contributed by atoms with Gasteiger partial charge < -0.3 is 14.8 Å². The van der Waals surface area contributed by atoms with Crippen LogP contribution < -0.4 is 5.32 Å². The van der Waals surface area contributed by atoms with E-state index >= 15 is 0 Å². The van der Waals surface area contributed by atoms with E-state index in [1.807, 2.05) is 0 Å². The molecule has 1 saturated heterocycles. The van der Waals surface area contributed by atoms with E-state index in [1.54, 1.807) is 19.1 Å². The third-order valence-electron chi connectivity index (χ3n) is 6.11. The molecule has 2 fully saturated rings.